The molecule has 0 aliphatic rings. The average Bonchev–Trinajstić information content (AvgIpc) is 3.18. The zero-order valence-corrected chi connectivity index (χ0v) is 21.1. The van der Waals surface area contributed by atoms with Gasteiger partial charge in [0, 0.05) is 16.1 Å². The Morgan fingerprint density at radius 3 is 2.19 bits per heavy atom. The maximum atomic E-state index is 14.0. The van der Waals surface area contributed by atoms with Crippen LogP contribution in [0.4, 0.5) is 0 Å². The highest BCUT2D eigenvalue weighted by Crippen LogP contribution is 2.38. The lowest BCUT2D eigenvalue weighted by Crippen LogP contribution is -2.25. The van der Waals surface area contributed by atoms with Crippen molar-refractivity contribution in [3.8, 4) is 11.3 Å². The highest BCUT2D eigenvalue weighted by molar-refractivity contribution is 7.91. The third kappa shape index (κ3) is 4.78. The topological polar surface area (TPSA) is 94.5 Å². The van der Waals surface area contributed by atoms with Crippen LogP contribution in [0.2, 0.25) is 5.02 Å². The molecule has 0 aliphatic carbocycles. The van der Waals surface area contributed by atoms with Crippen LogP contribution < -0.4 is 5.43 Å². The number of aromatic nitrogens is 1. The Bertz CT molecular complexity index is 1530. The monoisotopic (exact) mass is 522 g/mol. The molecule has 0 aliphatic heterocycles. The molecule has 184 valence electrons. The third-order valence-corrected chi connectivity index (χ3v) is 7.57. The van der Waals surface area contributed by atoms with Crippen LogP contribution in [-0.2, 0) is 14.6 Å². The molecule has 3 aromatic carbocycles. The van der Waals surface area contributed by atoms with E-state index in [1.54, 1.807) is 80.6 Å². The number of halogens is 1. The summed E-state index contributed by atoms with van der Waals surface area (Å²) in [5, 5.41) is 0.370. The number of nitrogens with zero attached hydrogens (tertiary/aromatic N) is 1. The second-order valence-electron chi connectivity index (χ2n) is 7.83. The van der Waals surface area contributed by atoms with Crippen LogP contribution in [0.3, 0.4) is 0 Å². The summed E-state index contributed by atoms with van der Waals surface area (Å²) < 4.78 is 34.5. The van der Waals surface area contributed by atoms with Crippen LogP contribution in [0.25, 0.3) is 11.3 Å². The van der Waals surface area contributed by atoms with E-state index >= 15 is 0 Å². The van der Waals surface area contributed by atoms with Crippen LogP contribution in [0, 0.1) is 6.92 Å². The quantitative estimate of drug-likeness (QED) is 0.323. The van der Waals surface area contributed by atoms with Gasteiger partial charge in [-0.2, -0.15) is 0 Å². The Hall–Kier alpha value is -3.88. The third-order valence-electron chi connectivity index (χ3n) is 5.51. The van der Waals surface area contributed by atoms with E-state index in [2.05, 4.69) is 5.43 Å². The van der Waals surface area contributed by atoms with E-state index in [0.29, 0.717) is 10.6 Å². The summed E-state index contributed by atoms with van der Waals surface area (Å²) in [6.45, 7) is 3.24. The largest absolute Gasteiger partial charge is 0.462 e. The van der Waals surface area contributed by atoms with Crippen molar-refractivity contribution < 1.29 is 22.7 Å². The minimum Gasteiger partial charge on any atom is -0.462 e. The summed E-state index contributed by atoms with van der Waals surface area (Å²) >= 11 is 6.06. The molecule has 0 bridgehead atoms. The molecule has 0 saturated carbocycles. The van der Waals surface area contributed by atoms with Gasteiger partial charge >= 0.3 is 5.97 Å². The Kier molecular flexibility index (Phi) is 7.28. The van der Waals surface area contributed by atoms with Crippen LogP contribution in [0.15, 0.2) is 94.7 Å². The van der Waals surface area contributed by atoms with E-state index in [1.807, 2.05) is 0 Å². The molecular formula is C27H23ClN2O5S. The van der Waals surface area contributed by atoms with Crippen molar-refractivity contribution in [1.29, 1.82) is 0 Å². The lowest BCUT2D eigenvalue weighted by atomic mass is 10.1. The lowest BCUT2D eigenvalue weighted by Gasteiger charge is -2.15. The first-order valence-electron chi connectivity index (χ1n) is 11.1. The van der Waals surface area contributed by atoms with Crippen molar-refractivity contribution in [2.75, 3.05) is 12.0 Å². The molecule has 7 nitrogen and oxygen atoms in total. The van der Waals surface area contributed by atoms with Crippen LogP contribution >= 0.6 is 11.6 Å². The fourth-order valence-electron chi connectivity index (χ4n) is 3.88. The van der Waals surface area contributed by atoms with E-state index in [-0.39, 0.29) is 38.9 Å². The van der Waals surface area contributed by atoms with Crippen molar-refractivity contribution in [3.05, 3.63) is 107 Å². The van der Waals surface area contributed by atoms with Gasteiger partial charge in [0.25, 0.3) is 5.91 Å². The van der Waals surface area contributed by atoms with E-state index in [0.717, 1.165) is 0 Å². The number of rotatable bonds is 7. The van der Waals surface area contributed by atoms with Gasteiger partial charge in [-0.15, -0.1) is 0 Å². The van der Waals surface area contributed by atoms with Gasteiger partial charge < -0.3 is 4.74 Å². The number of hydrogen-bond acceptors (Lipinski definition) is 5. The number of hydrogen-bond donors (Lipinski definition) is 1. The van der Waals surface area contributed by atoms with Crippen LogP contribution in [-0.4, -0.2) is 31.6 Å². The summed E-state index contributed by atoms with van der Waals surface area (Å²) in [5.41, 5.74) is 3.69. The molecule has 9 heteroatoms. The molecule has 1 aromatic heterocycles. The normalized spacial score (nSPS) is 11.2. The lowest BCUT2D eigenvalue weighted by molar-refractivity contribution is 0.0521. The highest BCUT2D eigenvalue weighted by atomic mass is 35.5. The van der Waals surface area contributed by atoms with Crippen molar-refractivity contribution >= 4 is 33.3 Å². The number of amides is 1. The minimum atomic E-state index is -4.21. The fraction of sp³-hybridized carbons (Fsp3) is 0.111. The van der Waals surface area contributed by atoms with Gasteiger partial charge in [0.2, 0.25) is 9.84 Å². The average molecular weight is 523 g/mol. The number of ether oxygens (including phenoxy) is 1. The minimum absolute atomic E-state index is 0.00560. The van der Waals surface area contributed by atoms with E-state index in [9.17, 15) is 18.0 Å². The number of carbonyl (C=O) groups is 2. The number of nitrogens with one attached hydrogen (secondary N) is 1. The Labute approximate surface area is 214 Å². The van der Waals surface area contributed by atoms with Crippen LogP contribution in [0.5, 0.6) is 0 Å². The zero-order chi connectivity index (χ0) is 25.9. The van der Waals surface area contributed by atoms with Gasteiger partial charge in [-0.25, -0.2) is 13.2 Å². The second-order valence-corrected chi connectivity index (χ2v) is 10.2. The maximum absolute atomic E-state index is 14.0. The predicted octanol–water partition coefficient (Wildman–Crippen LogP) is 5.51. The van der Waals surface area contributed by atoms with Crippen molar-refractivity contribution in [1.82, 2.24) is 4.68 Å². The molecule has 36 heavy (non-hydrogen) atoms. The van der Waals surface area contributed by atoms with Crippen molar-refractivity contribution in [3.63, 3.8) is 0 Å². The SMILES string of the molecule is CCOC(=O)c1c(S(=O)(=O)c2ccccc2)c(-c2ccccc2)n(NC(=O)c2cccc(Cl)c2)c1C. The second kappa shape index (κ2) is 10.4. The van der Waals surface area contributed by atoms with Gasteiger partial charge in [-0.1, -0.05) is 66.2 Å². The first-order valence-corrected chi connectivity index (χ1v) is 13.0. The standard InChI is InChI=1S/C27H23ClN2O5S/c1-3-35-27(32)23-18(2)30(29-26(31)20-13-10-14-21(28)17-20)24(19-11-6-4-7-12-19)25(23)36(33,34)22-15-8-5-9-16-22/h4-17H,3H2,1-2H3,(H,29,31). The van der Waals surface area contributed by atoms with E-state index in [4.69, 9.17) is 16.3 Å². The van der Waals surface area contributed by atoms with Gasteiger partial charge in [-0.3, -0.25) is 14.9 Å². The molecule has 0 unspecified atom stereocenters. The molecule has 0 radical (unpaired) electrons. The Morgan fingerprint density at radius 1 is 0.944 bits per heavy atom. The molecule has 4 aromatic rings. The van der Waals surface area contributed by atoms with Gasteiger partial charge in [0.15, 0.2) is 0 Å². The molecule has 0 spiro atoms. The summed E-state index contributed by atoms with van der Waals surface area (Å²) in [5.74, 6) is -1.34. The number of sulfone groups is 1. The first kappa shape index (κ1) is 25.2. The van der Waals surface area contributed by atoms with Gasteiger partial charge in [0.1, 0.15) is 10.5 Å². The molecule has 1 N–H and O–H groups in total. The molecular weight excluding hydrogens is 500 g/mol. The predicted molar refractivity (Wildman–Crippen MR) is 138 cm³/mol. The van der Waals surface area contributed by atoms with Crippen LogP contribution in [0.1, 0.15) is 33.3 Å². The molecule has 1 amide bonds. The molecule has 4 rings (SSSR count). The molecule has 1 heterocycles. The van der Waals surface area contributed by atoms with Gasteiger partial charge in [-0.05, 0) is 44.2 Å². The number of benzene rings is 3. The van der Waals surface area contributed by atoms with Gasteiger partial charge in [0.05, 0.1) is 22.9 Å². The smallest absolute Gasteiger partial charge is 0.341 e. The van der Waals surface area contributed by atoms with Crippen molar-refractivity contribution in [2.24, 2.45) is 0 Å². The van der Waals surface area contributed by atoms with E-state index in [1.165, 1.54) is 22.9 Å². The Morgan fingerprint density at radius 2 is 1.58 bits per heavy atom. The summed E-state index contributed by atoms with van der Waals surface area (Å²) in [6, 6.07) is 22.8. The highest BCUT2D eigenvalue weighted by Gasteiger charge is 2.36. The maximum Gasteiger partial charge on any atom is 0.341 e. The molecule has 0 saturated heterocycles. The number of carbonyl (C=O) groups excluding carboxylic acids is 2. The number of esters is 1. The van der Waals surface area contributed by atoms with E-state index < -0.39 is 21.7 Å². The van der Waals surface area contributed by atoms with Crippen molar-refractivity contribution in [2.45, 2.75) is 23.6 Å². The summed E-state index contributed by atoms with van der Waals surface area (Å²) in [4.78, 5) is 26.1. The fourth-order valence-corrected chi connectivity index (χ4v) is 5.78. The molecule has 0 atom stereocenters. The zero-order valence-electron chi connectivity index (χ0n) is 19.6. The summed E-state index contributed by atoms with van der Waals surface area (Å²) in [7, 11) is -4.21. The Balaban J connectivity index is 2.03. The molecule has 0 fully saturated rings. The summed E-state index contributed by atoms with van der Waals surface area (Å²) in [6.07, 6.45) is 0. The first-order chi connectivity index (χ1) is 17.3.